The number of carbonyl (C=O) groups excluding carboxylic acids is 1. The third-order valence-corrected chi connectivity index (χ3v) is 4.74. The van der Waals surface area contributed by atoms with Crippen molar-refractivity contribution in [2.75, 3.05) is 29.1 Å². The highest BCUT2D eigenvalue weighted by Gasteiger charge is 2.07. The molecular formula is C25H31N5O2. The fourth-order valence-electron chi connectivity index (χ4n) is 3.10. The first-order chi connectivity index (χ1) is 15.6. The van der Waals surface area contributed by atoms with Gasteiger partial charge in [0.15, 0.2) is 0 Å². The van der Waals surface area contributed by atoms with Crippen LogP contribution >= 0.6 is 0 Å². The van der Waals surface area contributed by atoms with Gasteiger partial charge in [-0.25, -0.2) is 4.98 Å². The van der Waals surface area contributed by atoms with Crippen molar-refractivity contribution in [1.29, 1.82) is 0 Å². The Kier molecular flexibility index (Phi) is 8.43. The number of unbranched alkanes of at least 4 members (excludes halogenated alkanes) is 2. The van der Waals surface area contributed by atoms with Crippen molar-refractivity contribution >= 4 is 29.0 Å². The molecule has 7 nitrogen and oxygen atoms in total. The van der Waals surface area contributed by atoms with E-state index in [1.54, 1.807) is 12.1 Å². The summed E-state index contributed by atoms with van der Waals surface area (Å²) in [7, 11) is 0. The molecule has 0 fully saturated rings. The van der Waals surface area contributed by atoms with Crippen LogP contribution in [0.4, 0.5) is 23.1 Å². The molecule has 0 saturated heterocycles. The maximum Gasteiger partial charge on any atom is 0.255 e. The number of benzene rings is 2. The first-order valence-electron chi connectivity index (χ1n) is 11.1. The fraction of sp³-hybridized carbons (Fsp3) is 0.320. The second kappa shape index (κ2) is 11.7. The quantitative estimate of drug-likeness (QED) is 0.332. The Bertz CT molecular complexity index is 1000. The molecule has 1 amide bonds. The molecule has 0 aliphatic carbocycles. The Balaban J connectivity index is 1.55. The van der Waals surface area contributed by atoms with E-state index >= 15 is 0 Å². The van der Waals surface area contributed by atoms with Crippen LogP contribution in [-0.4, -0.2) is 29.0 Å². The van der Waals surface area contributed by atoms with Crippen molar-refractivity contribution in [3.8, 4) is 5.75 Å². The summed E-state index contributed by atoms with van der Waals surface area (Å²) in [6.45, 7) is 7.55. The van der Waals surface area contributed by atoms with E-state index in [1.165, 1.54) is 0 Å². The maximum absolute atomic E-state index is 12.5. The summed E-state index contributed by atoms with van der Waals surface area (Å²) in [6, 6.07) is 16.6. The predicted molar refractivity (Wildman–Crippen MR) is 130 cm³/mol. The van der Waals surface area contributed by atoms with Crippen molar-refractivity contribution in [3.63, 3.8) is 0 Å². The smallest absolute Gasteiger partial charge is 0.255 e. The van der Waals surface area contributed by atoms with E-state index in [2.05, 4.69) is 32.8 Å². The Labute approximate surface area is 189 Å². The van der Waals surface area contributed by atoms with Gasteiger partial charge in [-0.2, -0.15) is 4.98 Å². The van der Waals surface area contributed by atoms with Crippen LogP contribution in [0.2, 0.25) is 0 Å². The molecule has 3 aromatic rings. The summed E-state index contributed by atoms with van der Waals surface area (Å²) in [5.41, 5.74) is 3.04. The third-order valence-electron chi connectivity index (χ3n) is 4.74. The number of anilines is 4. The van der Waals surface area contributed by atoms with Gasteiger partial charge in [0, 0.05) is 35.2 Å². The summed E-state index contributed by atoms with van der Waals surface area (Å²) >= 11 is 0. The van der Waals surface area contributed by atoms with Crippen LogP contribution in [-0.2, 0) is 0 Å². The molecular weight excluding hydrogens is 402 g/mol. The van der Waals surface area contributed by atoms with Gasteiger partial charge in [0.1, 0.15) is 11.6 Å². The molecule has 32 heavy (non-hydrogen) atoms. The zero-order valence-corrected chi connectivity index (χ0v) is 18.9. The van der Waals surface area contributed by atoms with Gasteiger partial charge in [-0.3, -0.25) is 4.79 Å². The number of aryl methyl sites for hydroxylation is 1. The van der Waals surface area contributed by atoms with E-state index < -0.39 is 0 Å². The Morgan fingerprint density at radius 3 is 2.34 bits per heavy atom. The van der Waals surface area contributed by atoms with Gasteiger partial charge in [0.25, 0.3) is 5.91 Å². The highest BCUT2D eigenvalue weighted by Crippen LogP contribution is 2.20. The molecule has 1 aromatic heterocycles. The van der Waals surface area contributed by atoms with E-state index in [0.717, 1.165) is 42.9 Å². The van der Waals surface area contributed by atoms with Crippen LogP contribution in [0.15, 0.2) is 54.6 Å². The topological polar surface area (TPSA) is 88.2 Å². The van der Waals surface area contributed by atoms with Gasteiger partial charge >= 0.3 is 0 Å². The van der Waals surface area contributed by atoms with Crippen molar-refractivity contribution < 1.29 is 9.53 Å². The number of carbonyl (C=O) groups is 1. The maximum atomic E-state index is 12.5. The van der Waals surface area contributed by atoms with Crippen molar-refractivity contribution in [2.45, 2.75) is 40.0 Å². The zero-order chi connectivity index (χ0) is 22.8. The standard InChI is InChI=1S/C25H31N5O2/c1-4-6-7-16-32-22-14-8-19(9-15-22)24(31)29-21-12-10-20(11-13-21)28-23-17-18(3)27-25(30-23)26-5-2/h8-15,17H,4-7,16H2,1-3H3,(H,29,31)(H2,26,27,28,30). The lowest BCUT2D eigenvalue weighted by Crippen LogP contribution is -2.11. The first-order valence-corrected chi connectivity index (χ1v) is 11.1. The minimum Gasteiger partial charge on any atom is -0.494 e. The van der Waals surface area contributed by atoms with Crippen molar-refractivity contribution in [2.24, 2.45) is 0 Å². The average molecular weight is 434 g/mol. The Morgan fingerprint density at radius 1 is 0.938 bits per heavy atom. The van der Waals surface area contributed by atoms with Crippen LogP contribution < -0.4 is 20.7 Å². The van der Waals surface area contributed by atoms with Gasteiger partial charge < -0.3 is 20.7 Å². The van der Waals surface area contributed by atoms with Gasteiger partial charge in [0.05, 0.1) is 6.61 Å². The van der Waals surface area contributed by atoms with Gasteiger partial charge in [-0.05, 0) is 68.8 Å². The molecule has 0 aliphatic rings. The first kappa shape index (κ1) is 23.1. The largest absolute Gasteiger partial charge is 0.494 e. The highest BCUT2D eigenvalue weighted by molar-refractivity contribution is 6.04. The normalized spacial score (nSPS) is 10.5. The molecule has 2 aromatic carbocycles. The number of hydrogen-bond acceptors (Lipinski definition) is 6. The molecule has 7 heteroatoms. The minimum absolute atomic E-state index is 0.162. The molecule has 0 unspecified atom stereocenters. The molecule has 0 saturated carbocycles. The van der Waals surface area contributed by atoms with Crippen LogP contribution in [0, 0.1) is 6.92 Å². The van der Waals surface area contributed by atoms with Gasteiger partial charge in [-0.15, -0.1) is 0 Å². The molecule has 0 atom stereocenters. The van der Waals surface area contributed by atoms with E-state index in [9.17, 15) is 4.79 Å². The van der Waals surface area contributed by atoms with Crippen molar-refractivity contribution in [1.82, 2.24) is 9.97 Å². The fourth-order valence-corrected chi connectivity index (χ4v) is 3.10. The Hall–Kier alpha value is -3.61. The van der Waals surface area contributed by atoms with Crippen LogP contribution in [0.1, 0.15) is 49.2 Å². The van der Waals surface area contributed by atoms with E-state index in [-0.39, 0.29) is 5.91 Å². The molecule has 3 rings (SSSR count). The number of rotatable bonds is 11. The molecule has 0 aliphatic heterocycles. The number of nitrogens with one attached hydrogen (secondary N) is 3. The zero-order valence-electron chi connectivity index (χ0n) is 18.9. The lowest BCUT2D eigenvalue weighted by Gasteiger charge is -2.11. The average Bonchev–Trinajstić information content (AvgIpc) is 2.78. The second-order valence-corrected chi connectivity index (χ2v) is 7.48. The van der Waals surface area contributed by atoms with Gasteiger partial charge in [0.2, 0.25) is 5.95 Å². The number of aromatic nitrogens is 2. The molecule has 3 N–H and O–H groups in total. The van der Waals surface area contributed by atoms with E-state index in [0.29, 0.717) is 29.6 Å². The van der Waals surface area contributed by atoms with Crippen LogP contribution in [0.3, 0.4) is 0 Å². The van der Waals surface area contributed by atoms with Crippen LogP contribution in [0.5, 0.6) is 5.75 Å². The van der Waals surface area contributed by atoms with E-state index in [1.807, 2.05) is 56.3 Å². The van der Waals surface area contributed by atoms with Crippen molar-refractivity contribution in [3.05, 3.63) is 65.9 Å². The Morgan fingerprint density at radius 2 is 1.66 bits per heavy atom. The van der Waals surface area contributed by atoms with E-state index in [4.69, 9.17) is 4.74 Å². The second-order valence-electron chi connectivity index (χ2n) is 7.48. The number of ether oxygens (including phenoxy) is 1. The lowest BCUT2D eigenvalue weighted by atomic mass is 10.2. The molecule has 0 bridgehead atoms. The minimum atomic E-state index is -0.162. The monoisotopic (exact) mass is 433 g/mol. The summed E-state index contributed by atoms with van der Waals surface area (Å²) in [6.07, 6.45) is 3.36. The van der Waals surface area contributed by atoms with Crippen LogP contribution in [0.25, 0.3) is 0 Å². The summed E-state index contributed by atoms with van der Waals surface area (Å²) in [4.78, 5) is 21.3. The SMILES string of the molecule is CCCCCOc1ccc(C(=O)Nc2ccc(Nc3cc(C)nc(NCC)n3)cc2)cc1. The number of nitrogens with zero attached hydrogens (tertiary/aromatic N) is 2. The summed E-state index contributed by atoms with van der Waals surface area (Å²) in [5, 5.41) is 9.31. The highest BCUT2D eigenvalue weighted by atomic mass is 16.5. The number of amides is 1. The lowest BCUT2D eigenvalue weighted by molar-refractivity contribution is 0.102. The third kappa shape index (κ3) is 6.97. The summed E-state index contributed by atoms with van der Waals surface area (Å²) < 4.78 is 5.70. The van der Waals surface area contributed by atoms with Gasteiger partial charge in [-0.1, -0.05) is 19.8 Å². The molecule has 168 valence electrons. The number of hydrogen-bond donors (Lipinski definition) is 3. The molecule has 1 heterocycles. The summed E-state index contributed by atoms with van der Waals surface area (Å²) in [5.74, 6) is 1.92. The predicted octanol–water partition coefficient (Wildman–Crippen LogP) is 5.78. The molecule has 0 spiro atoms. The molecule has 0 radical (unpaired) electrons.